The van der Waals surface area contributed by atoms with Crippen molar-refractivity contribution in [2.75, 3.05) is 0 Å². The lowest BCUT2D eigenvalue weighted by Gasteiger charge is -2.10. The van der Waals surface area contributed by atoms with Crippen molar-refractivity contribution in [3.63, 3.8) is 0 Å². The molecule has 3 unspecified atom stereocenters. The van der Waals surface area contributed by atoms with Crippen LogP contribution in [0.3, 0.4) is 0 Å². The van der Waals surface area contributed by atoms with Gasteiger partial charge in [0.15, 0.2) is 0 Å². The van der Waals surface area contributed by atoms with E-state index in [-0.39, 0.29) is 12.2 Å². The second kappa shape index (κ2) is 24.7. The number of aliphatic hydroxyl groups is 2. The minimum absolute atomic E-state index is 0.310. The third-order valence-corrected chi connectivity index (χ3v) is 5.33. The molecular formula is C31H48O6. The van der Waals surface area contributed by atoms with Gasteiger partial charge in [0, 0.05) is 0 Å². The number of carboxylic acid groups (broad SMARTS) is 2. The Labute approximate surface area is 223 Å². The third kappa shape index (κ3) is 23.2. The van der Waals surface area contributed by atoms with Crippen LogP contribution in [0.1, 0.15) is 99.8 Å². The minimum Gasteiger partial charge on any atom is -0.478 e. The Kier molecular flexibility index (Phi) is 24.2. The van der Waals surface area contributed by atoms with Crippen LogP contribution in [0.15, 0.2) is 73.3 Å². The molecule has 0 fully saturated rings. The summed E-state index contributed by atoms with van der Waals surface area (Å²) in [4.78, 5) is 20.4. The highest BCUT2D eigenvalue weighted by Gasteiger charge is 2.05. The summed E-state index contributed by atoms with van der Waals surface area (Å²) in [5.74, 6) is -0.811. The molecule has 0 aliphatic rings. The quantitative estimate of drug-likeness (QED) is 0.218. The average Bonchev–Trinajstić information content (AvgIpc) is 2.88. The highest BCUT2D eigenvalue weighted by Crippen LogP contribution is 2.16. The van der Waals surface area contributed by atoms with Gasteiger partial charge in [-0.25, -0.2) is 9.59 Å². The molecule has 2 rings (SSSR count). The van der Waals surface area contributed by atoms with E-state index < -0.39 is 11.9 Å². The summed E-state index contributed by atoms with van der Waals surface area (Å²) in [6.07, 6.45) is 10.2. The largest absolute Gasteiger partial charge is 0.478 e. The van der Waals surface area contributed by atoms with Crippen molar-refractivity contribution >= 4 is 11.9 Å². The summed E-state index contributed by atoms with van der Waals surface area (Å²) in [7, 11) is 0. The Bertz CT molecular complexity index is 755. The van der Waals surface area contributed by atoms with E-state index in [0.29, 0.717) is 17.5 Å². The van der Waals surface area contributed by atoms with Gasteiger partial charge < -0.3 is 20.4 Å². The fraction of sp³-hybridized carbons (Fsp3) is 0.484. The number of carboxylic acids is 2. The van der Waals surface area contributed by atoms with Crippen molar-refractivity contribution in [2.45, 2.75) is 91.3 Å². The predicted molar refractivity (Wildman–Crippen MR) is 152 cm³/mol. The Hall–Kier alpha value is -2.96. The normalized spacial score (nSPS) is 12.1. The molecule has 0 radical (unpaired) electrons. The molecule has 2 aromatic carbocycles. The molecule has 6 nitrogen and oxygen atoms in total. The highest BCUT2D eigenvalue weighted by molar-refractivity contribution is 5.87. The second-order valence-corrected chi connectivity index (χ2v) is 8.80. The van der Waals surface area contributed by atoms with E-state index >= 15 is 0 Å². The molecule has 0 bridgehead atoms. The molecule has 6 heteroatoms. The zero-order valence-corrected chi connectivity index (χ0v) is 23.1. The summed E-state index contributed by atoms with van der Waals surface area (Å²) in [6.45, 7) is 12.0. The van der Waals surface area contributed by atoms with E-state index in [4.69, 9.17) is 20.4 Å². The van der Waals surface area contributed by atoms with E-state index in [0.717, 1.165) is 18.8 Å². The van der Waals surface area contributed by atoms with Crippen LogP contribution in [0.2, 0.25) is 0 Å². The first-order chi connectivity index (χ1) is 17.6. The Morgan fingerprint density at radius 3 is 1.49 bits per heavy atom. The third-order valence-electron chi connectivity index (χ3n) is 5.33. The van der Waals surface area contributed by atoms with Gasteiger partial charge >= 0.3 is 11.9 Å². The molecule has 0 aliphatic carbocycles. The summed E-state index contributed by atoms with van der Waals surface area (Å²) in [5, 5.41) is 34.6. The van der Waals surface area contributed by atoms with Gasteiger partial charge in [-0.1, -0.05) is 88.9 Å². The second-order valence-electron chi connectivity index (χ2n) is 8.80. The molecule has 0 aromatic heterocycles. The molecule has 0 saturated heterocycles. The van der Waals surface area contributed by atoms with Crippen LogP contribution in [-0.2, 0) is 0 Å². The lowest BCUT2D eigenvalue weighted by Crippen LogP contribution is -2.13. The van der Waals surface area contributed by atoms with Gasteiger partial charge in [0.2, 0.25) is 0 Å². The number of aliphatic hydroxyl groups excluding tert-OH is 2. The van der Waals surface area contributed by atoms with Crippen molar-refractivity contribution in [1.29, 1.82) is 0 Å². The SMILES string of the molecule is C=CCCC(CC)CCC.CCCC(O)CC(C)O.O=C(O)c1ccccc1.O=C(O)c1ccccc1. The summed E-state index contributed by atoms with van der Waals surface area (Å²) in [6, 6.07) is 16.6. The van der Waals surface area contributed by atoms with Gasteiger partial charge in [-0.3, -0.25) is 0 Å². The zero-order valence-electron chi connectivity index (χ0n) is 23.1. The number of aromatic carboxylic acids is 2. The van der Waals surface area contributed by atoms with E-state index in [1.165, 1.54) is 32.1 Å². The van der Waals surface area contributed by atoms with Crippen LogP contribution < -0.4 is 0 Å². The van der Waals surface area contributed by atoms with Crippen LogP contribution in [-0.4, -0.2) is 44.6 Å². The molecule has 0 amide bonds. The van der Waals surface area contributed by atoms with Crippen molar-refractivity contribution in [1.82, 2.24) is 0 Å². The average molecular weight is 517 g/mol. The summed E-state index contributed by atoms with van der Waals surface area (Å²) >= 11 is 0. The van der Waals surface area contributed by atoms with E-state index in [1.54, 1.807) is 67.6 Å². The molecule has 3 atom stereocenters. The van der Waals surface area contributed by atoms with Crippen LogP contribution in [0.4, 0.5) is 0 Å². The first-order valence-corrected chi connectivity index (χ1v) is 13.2. The van der Waals surface area contributed by atoms with E-state index in [1.807, 2.05) is 13.0 Å². The van der Waals surface area contributed by atoms with Gasteiger partial charge in [0.25, 0.3) is 0 Å². The first kappa shape index (κ1) is 36.2. The van der Waals surface area contributed by atoms with Gasteiger partial charge in [0.05, 0.1) is 23.3 Å². The zero-order chi connectivity index (χ0) is 28.5. The van der Waals surface area contributed by atoms with Gasteiger partial charge in [-0.2, -0.15) is 0 Å². The number of benzene rings is 2. The maximum Gasteiger partial charge on any atom is 0.335 e. The van der Waals surface area contributed by atoms with Crippen LogP contribution in [0.25, 0.3) is 0 Å². The fourth-order valence-electron chi connectivity index (χ4n) is 3.32. The van der Waals surface area contributed by atoms with Crippen molar-refractivity contribution in [3.8, 4) is 0 Å². The molecular weight excluding hydrogens is 468 g/mol. The molecule has 4 N–H and O–H groups in total. The first-order valence-electron chi connectivity index (χ1n) is 13.2. The lowest BCUT2D eigenvalue weighted by atomic mass is 9.95. The maximum absolute atomic E-state index is 10.2. The number of hydrogen-bond acceptors (Lipinski definition) is 4. The summed E-state index contributed by atoms with van der Waals surface area (Å²) < 4.78 is 0. The smallest absolute Gasteiger partial charge is 0.335 e. The Balaban J connectivity index is 0. The van der Waals surface area contributed by atoms with Crippen LogP contribution in [0.5, 0.6) is 0 Å². The van der Waals surface area contributed by atoms with E-state index in [2.05, 4.69) is 20.4 Å². The van der Waals surface area contributed by atoms with Crippen molar-refractivity contribution in [2.24, 2.45) is 5.92 Å². The number of carbonyl (C=O) groups is 2. The molecule has 0 spiro atoms. The van der Waals surface area contributed by atoms with Crippen LogP contribution >= 0.6 is 0 Å². The Morgan fingerprint density at radius 2 is 1.22 bits per heavy atom. The van der Waals surface area contributed by atoms with Crippen molar-refractivity contribution in [3.05, 3.63) is 84.4 Å². The molecule has 208 valence electrons. The predicted octanol–water partition coefficient (Wildman–Crippen LogP) is 7.47. The van der Waals surface area contributed by atoms with Crippen molar-refractivity contribution < 1.29 is 30.0 Å². The van der Waals surface area contributed by atoms with Gasteiger partial charge in [-0.15, -0.1) is 6.58 Å². The molecule has 0 saturated carbocycles. The molecule has 0 heterocycles. The molecule has 0 aliphatic heterocycles. The van der Waals surface area contributed by atoms with Gasteiger partial charge in [0.1, 0.15) is 0 Å². The minimum atomic E-state index is -0.879. The fourth-order valence-corrected chi connectivity index (χ4v) is 3.32. The van der Waals surface area contributed by atoms with E-state index in [9.17, 15) is 9.59 Å². The standard InChI is InChI=1S/C10H20.2C7H6O2.C7H16O2/c1-4-7-9-10(6-3)8-5-2;2*8-7(9)6-4-2-1-3-5-6;1-3-4-7(9)5-6(2)8/h4,10H,1,5-9H2,2-3H3;2*1-5H,(H,8,9);6-9H,3-5H2,1-2H3. The highest BCUT2D eigenvalue weighted by atomic mass is 16.4. The molecule has 2 aromatic rings. The molecule has 37 heavy (non-hydrogen) atoms. The van der Waals surface area contributed by atoms with Gasteiger partial charge in [-0.05, 0) is 62.8 Å². The van der Waals surface area contributed by atoms with Crippen LogP contribution in [0, 0.1) is 5.92 Å². The number of allylic oxidation sites excluding steroid dienone is 1. The maximum atomic E-state index is 10.2. The number of hydrogen-bond donors (Lipinski definition) is 4. The topological polar surface area (TPSA) is 115 Å². The number of rotatable bonds is 12. The monoisotopic (exact) mass is 516 g/mol. The Morgan fingerprint density at radius 1 is 0.784 bits per heavy atom. The lowest BCUT2D eigenvalue weighted by molar-refractivity contribution is 0.0686. The summed E-state index contributed by atoms with van der Waals surface area (Å²) in [5.41, 5.74) is 0.662.